The van der Waals surface area contributed by atoms with Gasteiger partial charge in [-0.3, -0.25) is 0 Å². The highest BCUT2D eigenvalue weighted by atomic mass is 32.2. The Labute approximate surface area is 262 Å². The molecule has 42 heavy (non-hydrogen) atoms. The second kappa shape index (κ2) is 32.5. The van der Waals surface area contributed by atoms with Crippen molar-refractivity contribution in [3.8, 4) is 0 Å². The summed E-state index contributed by atoms with van der Waals surface area (Å²) in [6.07, 6.45) is 23.1. The van der Waals surface area contributed by atoms with Gasteiger partial charge in [-0.05, 0) is 24.0 Å². The molecule has 254 valence electrons. The standard InChI is InChI=1S/C34H70O7S/c1-3-5-7-9-11-13-15-17-19-21-27-40-29-31(37)33(23-25-35)42(39)34(24-26-36)32(38)30-41-28-22-20-18-16-14-12-10-8-6-4-2/h31-38H,3-30H2,1-2H3. The molecule has 0 radical (unpaired) electrons. The average molecular weight is 623 g/mol. The van der Waals surface area contributed by atoms with Gasteiger partial charge in [0.05, 0.1) is 13.2 Å². The SMILES string of the molecule is CCCCCCCCCCCCOCC(O)C(CCO)[S+]([O-])C(CCO)C(O)COCCCCCCCCCCCC. The topological polar surface area (TPSA) is 122 Å². The Morgan fingerprint density at radius 2 is 0.786 bits per heavy atom. The van der Waals surface area contributed by atoms with Crippen molar-refractivity contribution in [3.63, 3.8) is 0 Å². The quantitative estimate of drug-likeness (QED) is 0.0458. The van der Waals surface area contributed by atoms with Gasteiger partial charge in [0, 0.05) is 39.3 Å². The summed E-state index contributed by atoms with van der Waals surface area (Å²) in [5.41, 5.74) is 0. The Hall–Kier alpha value is 0.0700. The normalized spacial score (nSPS) is 15.5. The Kier molecular flexibility index (Phi) is 32.5. The van der Waals surface area contributed by atoms with E-state index in [1.165, 1.54) is 103 Å². The number of rotatable bonds is 34. The molecule has 0 heterocycles. The maximum atomic E-state index is 13.4. The van der Waals surface area contributed by atoms with Crippen LogP contribution in [0.15, 0.2) is 0 Å². The third kappa shape index (κ3) is 24.4. The summed E-state index contributed by atoms with van der Waals surface area (Å²) < 4.78 is 24.8. The van der Waals surface area contributed by atoms with E-state index in [0.717, 1.165) is 25.7 Å². The van der Waals surface area contributed by atoms with Crippen molar-refractivity contribution in [2.45, 2.75) is 178 Å². The predicted octanol–water partition coefficient (Wildman–Crippen LogP) is 6.83. The molecule has 4 atom stereocenters. The number of aliphatic hydroxyl groups is 4. The third-order valence-corrected chi connectivity index (χ3v) is 10.4. The molecule has 0 saturated carbocycles. The van der Waals surface area contributed by atoms with Gasteiger partial charge in [-0.15, -0.1) is 0 Å². The zero-order valence-electron chi connectivity index (χ0n) is 27.5. The largest absolute Gasteiger partial charge is 0.616 e. The van der Waals surface area contributed by atoms with Gasteiger partial charge >= 0.3 is 0 Å². The summed E-state index contributed by atoms with van der Waals surface area (Å²) in [4.78, 5) is 0. The van der Waals surface area contributed by atoms with Crippen LogP contribution in [0, 0.1) is 0 Å². The van der Waals surface area contributed by atoms with Crippen LogP contribution < -0.4 is 0 Å². The highest BCUT2D eigenvalue weighted by molar-refractivity contribution is 7.92. The zero-order chi connectivity index (χ0) is 31.1. The summed E-state index contributed by atoms with van der Waals surface area (Å²) in [6.45, 7) is 5.22. The third-order valence-electron chi connectivity index (χ3n) is 8.14. The molecule has 0 saturated heterocycles. The van der Waals surface area contributed by atoms with E-state index in [0.29, 0.717) is 13.2 Å². The first kappa shape index (κ1) is 42.1. The minimum absolute atomic E-state index is 0.0466. The van der Waals surface area contributed by atoms with Crippen molar-refractivity contribution in [3.05, 3.63) is 0 Å². The van der Waals surface area contributed by atoms with E-state index in [-0.39, 0.29) is 39.3 Å². The van der Waals surface area contributed by atoms with E-state index in [2.05, 4.69) is 13.8 Å². The molecule has 0 spiro atoms. The van der Waals surface area contributed by atoms with Crippen LogP contribution in [-0.4, -0.2) is 87.3 Å². The Balaban J connectivity index is 4.23. The van der Waals surface area contributed by atoms with Gasteiger partial charge in [0.25, 0.3) is 0 Å². The smallest absolute Gasteiger partial charge is 0.146 e. The molecule has 0 aliphatic rings. The monoisotopic (exact) mass is 622 g/mol. The number of hydrogen-bond donors (Lipinski definition) is 4. The molecule has 7 nitrogen and oxygen atoms in total. The van der Waals surface area contributed by atoms with E-state index >= 15 is 0 Å². The fourth-order valence-electron chi connectivity index (χ4n) is 5.41. The van der Waals surface area contributed by atoms with E-state index < -0.39 is 33.9 Å². The maximum absolute atomic E-state index is 13.4. The molecule has 0 aromatic carbocycles. The molecule has 0 amide bonds. The van der Waals surface area contributed by atoms with E-state index in [4.69, 9.17) is 9.47 Å². The molecule has 0 aromatic rings. The molecular weight excluding hydrogens is 552 g/mol. The van der Waals surface area contributed by atoms with Crippen LogP contribution in [0.5, 0.6) is 0 Å². The Morgan fingerprint density at radius 3 is 1.07 bits per heavy atom. The lowest BCUT2D eigenvalue weighted by atomic mass is 10.1. The molecule has 0 rings (SSSR count). The van der Waals surface area contributed by atoms with Gasteiger partial charge < -0.3 is 34.5 Å². The minimum Gasteiger partial charge on any atom is -0.616 e. The van der Waals surface area contributed by atoms with Crippen LogP contribution in [0.25, 0.3) is 0 Å². The first-order chi connectivity index (χ1) is 20.5. The number of hydrogen-bond acceptors (Lipinski definition) is 7. The van der Waals surface area contributed by atoms with Crippen LogP contribution >= 0.6 is 0 Å². The van der Waals surface area contributed by atoms with E-state index in [1.807, 2.05) is 0 Å². The minimum atomic E-state index is -1.67. The first-order valence-electron chi connectivity index (χ1n) is 17.7. The lowest BCUT2D eigenvalue weighted by Gasteiger charge is -2.33. The predicted molar refractivity (Wildman–Crippen MR) is 176 cm³/mol. The molecular formula is C34H70O7S. The van der Waals surface area contributed by atoms with Crippen LogP contribution in [0.1, 0.15) is 155 Å². The highest BCUT2D eigenvalue weighted by Gasteiger charge is 2.39. The zero-order valence-corrected chi connectivity index (χ0v) is 28.3. The Bertz CT molecular complexity index is 484. The van der Waals surface area contributed by atoms with Gasteiger partial charge in [0.2, 0.25) is 0 Å². The average Bonchev–Trinajstić information content (AvgIpc) is 2.99. The second-order valence-corrected chi connectivity index (χ2v) is 13.9. The second-order valence-electron chi connectivity index (χ2n) is 12.1. The summed E-state index contributed by atoms with van der Waals surface area (Å²) in [6, 6.07) is 0. The number of unbranched alkanes of at least 4 members (excludes halogenated alkanes) is 18. The molecule has 0 aromatic heterocycles. The van der Waals surface area contributed by atoms with Crippen LogP contribution in [0.3, 0.4) is 0 Å². The fourth-order valence-corrected chi connectivity index (χ4v) is 7.31. The van der Waals surface area contributed by atoms with Gasteiger partial charge in [0.15, 0.2) is 0 Å². The molecule has 0 aliphatic carbocycles. The molecule has 4 N–H and O–H groups in total. The van der Waals surface area contributed by atoms with E-state index in [9.17, 15) is 25.0 Å². The van der Waals surface area contributed by atoms with Crippen molar-refractivity contribution in [2.24, 2.45) is 0 Å². The summed E-state index contributed by atoms with van der Waals surface area (Å²) in [7, 11) is 0. The molecule has 8 heteroatoms. The van der Waals surface area contributed by atoms with Gasteiger partial charge in [-0.25, -0.2) is 0 Å². The lowest BCUT2D eigenvalue weighted by Crippen LogP contribution is -2.48. The van der Waals surface area contributed by atoms with Crippen molar-refractivity contribution in [1.82, 2.24) is 0 Å². The van der Waals surface area contributed by atoms with Gasteiger partial charge in [-0.2, -0.15) is 0 Å². The molecule has 0 fully saturated rings. The van der Waals surface area contributed by atoms with Crippen molar-refractivity contribution < 1.29 is 34.5 Å². The Morgan fingerprint density at radius 1 is 0.500 bits per heavy atom. The van der Waals surface area contributed by atoms with Crippen LogP contribution in [0.2, 0.25) is 0 Å². The summed E-state index contributed by atoms with van der Waals surface area (Å²) >= 11 is -1.67. The first-order valence-corrected chi connectivity index (χ1v) is 18.9. The molecule has 0 bridgehead atoms. The summed E-state index contributed by atoms with van der Waals surface area (Å²) in [5, 5.41) is 39.2. The number of ether oxygens (including phenoxy) is 2. The van der Waals surface area contributed by atoms with Crippen LogP contribution in [-0.2, 0) is 20.6 Å². The summed E-state index contributed by atoms with van der Waals surface area (Å²) in [5.74, 6) is 0. The lowest BCUT2D eigenvalue weighted by molar-refractivity contribution is 0.0235. The molecule has 0 aliphatic heterocycles. The molecule has 4 unspecified atom stereocenters. The van der Waals surface area contributed by atoms with Gasteiger partial charge in [-0.1, -0.05) is 129 Å². The van der Waals surface area contributed by atoms with Crippen molar-refractivity contribution in [1.29, 1.82) is 0 Å². The highest BCUT2D eigenvalue weighted by Crippen LogP contribution is 2.23. The van der Waals surface area contributed by atoms with Gasteiger partial charge in [0.1, 0.15) is 22.7 Å². The fraction of sp³-hybridized carbons (Fsp3) is 1.00. The van der Waals surface area contributed by atoms with Crippen molar-refractivity contribution >= 4 is 11.2 Å². The van der Waals surface area contributed by atoms with Crippen molar-refractivity contribution in [2.75, 3.05) is 39.6 Å². The maximum Gasteiger partial charge on any atom is 0.146 e. The van der Waals surface area contributed by atoms with Crippen LogP contribution in [0.4, 0.5) is 0 Å². The number of aliphatic hydroxyl groups excluding tert-OH is 4. The van der Waals surface area contributed by atoms with E-state index in [1.54, 1.807) is 0 Å².